The van der Waals surface area contributed by atoms with Gasteiger partial charge >= 0.3 is 5.97 Å². The fourth-order valence-corrected chi connectivity index (χ4v) is 1.61. The second kappa shape index (κ2) is 4.52. The number of hydrogen-bond donors (Lipinski definition) is 1. The van der Waals surface area contributed by atoms with E-state index in [2.05, 4.69) is 0 Å². The molecule has 0 aliphatic heterocycles. The monoisotopic (exact) mass is 252 g/mol. The highest BCUT2D eigenvalue weighted by Crippen LogP contribution is 2.27. The molecule has 0 fully saturated rings. The van der Waals surface area contributed by atoms with Crippen LogP contribution < -0.4 is 0 Å². The summed E-state index contributed by atoms with van der Waals surface area (Å²) in [5, 5.41) is 8.76. The zero-order valence-corrected chi connectivity index (χ0v) is 8.95. The molecule has 0 aliphatic carbocycles. The van der Waals surface area contributed by atoms with Gasteiger partial charge in [-0.05, 0) is 18.2 Å². The molecule has 0 saturated heterocycles. The predicted molar refractivity (Wildman–Crippen MR) is 58.7 cm³/mol. The summed E-state index contributed by atoms with van der Waals surface area (Å²) in [6, 6.07) is 6.26. The standard InChI is InChI=1S/C13H7F3O2/c14-7-4-5-8(11(15)6-7)9-2-1-3-10(12(9)16)13(17)18/h1-6H,(H,17,18). The van der Waals surface area contributed by atoms with Crippen LogP contribution in [0.25, 0.3) is 11.1 Å². The minimum absolute atomic E-state index is 0.183. The van der Waals surface area contributed by atoms with Crippen molar-refractivity contribution in [2.75, 3.05) is 0 Å². The minimum atomic E-state index is -1.45. The quantitative estimate of drug-likeness (QED) is 0.888. The molecule has 0 amide bonds. The number of carboxylic acids is 1. The molecular weight excluding hydrogens is 245 g/mol. The zero-order chi connectivity index (χ0) is 13.3. The van der Waals surface area contributed by atoms with Crippen molar-refractivity contribution in [2.45, 2.75) is 0 Å². The van der Waals surface area contributed by atoms with Crippen molar-refractivity contribution in [3.8, 4) is 11.1 Å². The normalized spacial score (nSPS) is 10.4. The summed E-state index contributed by atoms with van der Waals surface area (Å²) in [7, 11) is 0. The largest absolute Gasteiger partial charge is 0.478 e. The van der Waals surface area contributed by atoms with Gasteiger partial charge in [-0.3, -0.25) is 0 Å². The number of hydrogen-bond acceptors (Lipinski definition) is 1. The molecule has 2 nitrogen and oxygen atoms in total. The van der Waals surface area contributed by atoms with Crippen molar-refractivity contribution in [2.24, 2.45) is 0 Å². The summed E-state index contributed by atoms with van der Waals surface area (Å²) >= 11 is 0. The Morgan fingerprint density at radius 2 is 1.72 bits per heavy atom. The van der Waals surface area contributed by atoms with Gasteiger partial charge in [-0.15, -0.1) is 0 Å². The number of rotatable bonds is 2. The molecule has 1 N–H and O–H groups in total. The van der Waals surface area contributed by atoms with Gasteiger partial charge in [0.2, 0.25) is 0 Å². The Morgan fingerprint density at radius 1 is 1.00 bits per heavy atom. The van der Waals surface area contributed by atoms with Gasteiger partial charge < -0.3 is 5.11 Å². The Bertz CT molecular complexity index is 624. The van der Waals surface area contributed by atoms with Crippen LogP contribution in [0.15, 0.2) is 36.4 Å². The van der Waals surface area contributed by atoms with Gasteiger partial charge in [0.05, 0.1) is 5.56 Å². The van der Waals surface area contributed by atoms with E-state index in [4.69, 9.17) is 5.11 Å². The zero-order valence-electron chi connectivity index (χ0n) is 8.95. The van der Waals surface area contributed by atoms with E-state index in [1.54, 1.807) is 0 Å². The second-order valence-corrected chi connectivity index (χ2v) is 3.60. The smallest absolute Gasteiger partial charge is 0.338 e. The molecule has 0 aromatic heterocycles. The summed E-state index contributed by atoms with van der Waals surface area (Å²) in [6.07, 6.45) is 0. The molecule has 0 heterocycles. The molecule has 5 heteroatoms. The number of carbonyl (C=O) groups is 1. The van der Waals surface area contributed by atoms with E-state index in [0.29, 0.717) is 6.07 Å². The SMILES string of the molecule is O=C(O)c1cccc(-c2ccc(F)cc2F)c1F. The summed E-state index contributed by atoms with van der Waals surface area (Å²) in [4.78, 5) is 10.8. The predicted octanol–water partition coefficient (Wildman–Crippen LogP) is 3.47. The Morgan fingerprint density at radius 3 is 2.33 bits per heavy atom. The Labute approximate surface area is 100 Å². The van der Waals surface area contributed by atoms with Crippen LogP contribution in [-0.4, -0.2) is 11.1 Å². The maximum absolute atomic E-state index is 13.8. The Balaban J connectivity index is 2.64. The molecule has 2 aromatic rings. The van der Waals surface area contributed by atoms with Crippen LogP contribution in [0.2, 0.25) is 0 Å². The van der Waals surface area contributed by atoms with Crippen LogP contribution in [0.1, 0.15) is 10.4 Å². The molecule has 0 spiro atoms. The molecule has 18 heavy (non-hydrogen) atoms. The van der Waals surface area contributed by atoms with E-state index in [1.165, 1.54) is 12.1 Å². The third kappa shape index (κ3) is 2.07. The van der Waals surface area contributed by atoms with Crippen LogP contribution in [0.4, 0.5) is 13.2 Å². The second-order valence-electron chi connectivity index (χ2n) is 3.60. The number of halogens is 3. The highest BCUT2D eigenvalue weighted by atomic mass is 19.1. The molecule has 2 rings (SSSR count). The van der Waals surface area contributed by atoms with E-state index in [0.717, 1.165) is 18.2 Å². The van der Waals surface area contributed by atoms with E-state index in [9.17, 15) is 18.0 Å². The van der Waals surface area contributed by atoms with Crippen LogP contribution in [-0.2, 0) is 0 Å². The molecule has 0 bridgehead atoms. The molecule has 0 atom stereocenters. The van der Waals surface area contributed by atoms with Crippen molar-refractivity contribution in [1.29, 1.82) is 0 Å². The van der Waals surface area contributed by atoms with Gasteiger partial charge in [0.15, 0.2) is 0 Å². The molecule has 0 unspecified atom stereocenters. The van der Waals surface area contributed by atoms with Crippen molar-refractivity contribution in [3.63, 3.8) is 0 Å². The minimum Gasteiger partial charge on any atom is -0.478 e. The van der Waals surface area contributed by atoms with Gasteiger partial charge in [0, 0.05) is 17.2 Å². The van der Waals surface area contributed by atoms with Crippen LogP contribution >= 0.6 is 0 Å². The first-order chi connectivity index (χ1) is 8.50. The third-order valence-electron chi connectivity index (χ3n) is 2.45. The van der Waals surface area contributed by atoms with Gasteiger partial charge in [-0.25, -0.2) is 18.0 Å². The van der Waals surface area contributed by atoms with Crippen molar-refractivity contribution < 1.29 is 23.1 Å². The lowest BCUT2D eigenvalue weighted by molar-refractivity contribution is 0.0692. The molecular formula is C13H7F3O2. The molecule has 0 aliphatic rings. The van der Waals surface area contributed by atoms with Crippen LogP contribution in [0.3, 0.4) is 0 Å². The molecule has 0 saturated carbocycles. The lowest BCUT2D eigenvalue weighted by atomic mass is 10.0. The summed E-state index contributed by atoms with van der Waals surface area (Å²) < 4.78 is 40.1. The Kier molecular flexibility index (Phi) is 3.06. The van der Waals surface area contributed by atoms with E-state index in [1.807, 2.05) is 0 Å². The van der Waals surface area contributed by atoms with Gasteiger partial charge in [-0.1, -0.05) is 12.1 Å². The van der Waals surface area contributed by atoms with E-state index < -0.39 is 29.0 Å². The number of carboxylic acid groups (broad SMARTS) is 1. The van der Waals surface area contributed by atoms with Crippen molar-refractivity contribution in [3.05, 3.63) is 59.4 Å². The maximum Gasteiger partial charge on any atom is 0.338 e. The summed E-state index contributed by atoms with van der Waals surface area (Å²) in [5.74, 6) is -4.23. The number of benzene rings is 2. The highest BCUT2D eigenvalue weighted by Gasteiger charge is 2.17. The Hall–Kier alpha value is -2.30. The average molecular weight is 252 g/mol. The molecule has 92 valence electrons. The topological polar surface area (TPSA) is 37.3 Å². The maximum atomic E-state index is 13.8. The van der Waals surface area contributed by atoms with Gasteiger partial charge in [0.25, 0.3) is 0 Å². The molecule has 0 radical (unpaired) electrons. The molecule has 2 aromatic carbocycles. The first-order valence-corrected chi connectivity index (χ1v) is 4.98. The highest BCUT2D eigenvalue weighted by molar-refractivity contribution is 5.90. The van der Waals surface area contributed by atoms with Gasteiger partial charge in [0.1, 0.15) is 17.5 Å². The summed E-state index contributed by atoms with van der Waals surface area (Å²) in [5.41, 5.74) is -0.958. The van der Waals surface area contributed by atoms with Crippen molar-refractivity contribution >= 4 is 5.97 Å². The van der Waals surface area contributed by atoms with Crippen LogP contribution in [0.5, 0.6) is 0 Å². The first kappa shape index (κ1) is 12.2. The lowest BCUT2D eigenvalue weighted by Crippen LogP contribution is -2.02. The first-order valence-electron chi connectivity index (χ1n) is 4.98. The fourth-order valence-electron chi connectivity index (χ4n) is 1.61. The summed E-state index contributed by atoms with van der Waals surface area (Å²) in [6.45, 7) is 0. The van der Waals surface area contributed by atoms with Gasteiger partial charge in [-0.2, -0.15) is 0 Å². The fraction of sp³-hybridized carbons (Fsp3) is 0. The van der Waals surface area contributed by atoms with E-state index in [-0.39, 0.29) is 11.1 Å². The van der Waals surface area contributed by atoms with Crippen molar-refractivity contribution in [1.82, 2.24) is 0 Å². The van der Waals surface area contributed by atoms with Crippen LogP contribution in [0, 0.1) is 17.5 Å². The average Bonchev–Trinajstić information content (AvgIpc) is 2.30. The van der Waals surface area contributed by atoms with E-state index >= 15 is 0 Å². The number of aromatic carboxylic acids is 1. The lowest BCUT2D eigenvalue weighted by Gasteiger charge is -2.07. The third-order valence-corrected chi connectivity index (χ3v) is 2.45.